The molecule has 0 heterocycles. The zero-order valence-corrected chi connectivity index (χ0v) is 8.69. The van der Waals surface area contributed by atoms with Crippen LogP contribution in [0, 0.1) is 24.7 Å². The molecule has 0 aliphatic carbocycles. The maximum absolute atomic E-state index is 10.9. The molecule has 4 heteroatoms. The minimum Gasteiger partial charge on any atom is -0.478 e. The highest BCUT2D eigenvalue weighted by molar-refractivity contribution is 5.98. The number of hydrogen-bond donors (Lipinski definition) is 2. The third-order valence-corrected chi connectivity index (χ3v) is 1.92. The van der Waals surface area contributed by atoms with E-state index in [4.69, 9.17) is 23.1 Å². The molecule has 0 bridgehead atoms. The maximum Gasteiger partial charge on any atom is 0.332 e. The van der Waals surface area contributed by atoms with Crippen molar-refractivity contribution in [3.8, 4) is 24.7 Å². The Hall–Kier alpha value is -2.20. The Morgan fingerprint density at radius 1 is 0.875 bits per heavy atom. The molecule has 16 heavy (non-hydrogen) atoms. The van der Waals surface area contributed by atoms with E-state index in [9.17, 15) is 9.59 Å². The van der Waals surface area contributed by atoms with Gasteiger partial charge in [-0.1, -0.05) is 0 Å². The van der Waals surface area contributed by atoms with Crippen molar-refractivity contribution in [2.24, 2.45) is 0 Å². The van der Waals surface area contributed by atoms with Crippen LogP contribution in [0.4, 0.5) is 0 Å². The Morgan fingerprint density at radius 3 is 1.38 bits per heavy atom. The first kappa shape index (κ1) is 13.8. The lowest BCUT2D eigenvalue weighted by Gasteiger charge is -2.06. The first-order valence-corrected chi connectivity index (χ1v) is 4.60. The Morgan fingerprint density at radius 2 is 1.19 bits per heavy atom. The highest BCUT2D eigenvalue weighted by Gasteiger charge is 2.18. The van der Waals surface area contributed by atoms with Gasteiger partial charge in [-0.05, 0) is 12.8 Å². The second kappa shape index (κ2) is 7.14. The van der Waals surface area contributed by atoms with Crippen LogP contribution in [0.3, 0.4) is 0 Å². The monoisotopic (exact) mass is 220 g/mol. The molecule has 2 N–H and O–H groups in total. The number of carboxylic acids is 2. The summed E-state index contributed by atoms with van der Waals surface area (Å²) in [6, 6.07) is 0. The van der Waals surface area contributed by atoms with Crippen LogP contribution >= 0.6 is 0 Å². The summed E-state index contributed by atoms with van der Waals surface area (Å²) in [5, 5.41) is 17.8. The average molecular weight is 220 g/mol. The van der Waals surface area contributed by atoms with Gasteiger partial charge in [0.2, 0.25) is 0 Å². The molecule has 0 aromatic heterocycles. The third-order valence-electron chi connectivity index (χ3n) is 1.92. The molecule has 0 rings (SSSR count). The number of carboxylic acid groups (broad SMARTS) is 2. The summed E-state index contributed by atoms with van der Waals surface area (Å²) in [5.74, 6) is 2.03. The summed E-state index contributed by atoms with van der Waals surface area (Å²) in [6.45, 7) is 0. The van der Waals surface area contributed by atoms with E-state index in [1.54, 1.807) is 0 Å². The van der Waals surface area contributed by atoms with Crippen LogP contribution in [0.5, 0.6) is 0 Å². The van der Waals surface area contributed by atoms with Gasteiger partial charge in [0.15, 0.2) is 0 Å². The molecule has 0 spiro atoms. The second-order valence-corrected chi connectivity index (χ2v) is 2.98. The predicted molar refractivity (Wildman–Crippen MR) is 58.4 cm³/mol. The van der Waals surface area contributed by atoms with E-state index in [1.165, 1.54) is 0 Å². The fourth-order valence-electron chi connectivity index (χ4n) is 1.17. The van der Waals surface area contributed by atoms with E-state index in [-0.39, 0.29) is 36.8 Å². The van der Waals surface area contributed by atoms with Crippen molar-refractivity contribution in [3.05, 3.63) is 11.1 Å². The lowest BCUT2D eigenvalue weighted by molar-refractivity contribution is -0.136. The van der Waals surface area contributed by atoms with Crippen LogP contribution in [-0.4, -0.2) is 22.2 Å². The molecule has 4 nitrogen and oxygen atoms in total. The van der Waals surface area contributed by atoms with Crippen molar-refractivity contribution in [2.45, 2.75) is 25.7 Å². The van der Waals surface area contributed by atoms with Crippen molar-refractivity contribution >= 4 is 11.9 Å². The Labute approximate surface area is 94.0 Å². The molecule has 0 unspecified atom stereocenters. The molecule has 0 amide bonds. The standard InChI is InChI=1S/C12H12O4/c1-3-5-7-9(11(13)14)10(12(15)16)8-6-4-2/h1-2H,5-8H2,(H,13,14)(H,15,16)/b10-9-. The van der Waals surface area contributed by atoms with Crippen molar-refractivity contribution in [1.82, 2.24) is 0 Å². The molecule has 0 atom stereocenters. The molecule has 0 aromatic rings. The van der Waals surface area contributed by atoms with Gasteiger partial charge in [0, 0.05) is 24.0 Å². The fraction of sp³-hybridized carbons (Fsp3) is 0.333. The van der Waals surface area contributed by atoms with Crippen molar-refractivity contribution in [2.75, 3.05) is 0 Å². The van der Waals surface area contributed by atoms with Crippen LogP contribution < -0.4 is 0 Å². The molecule has 0 aliphatic rings. The van der Waals surface area contributed by atoms with Crippen LogP contribution in [0.25, 0.3) is 0 Å². The Balaban J connectivity index is 5.12. The molecule has 0 aromatic carbocycles. The molecule has 0 aliphatic heterocycles. The molecule has 0 saturated heterocycles. The van der Waals surface area contributed by atoms with Gasteiger partial charge in [0.1, 0.15) is 0 Å². The van der Waals surface area contributed by atoms with E-state index in [2.05, 4.69) is 11.8 Å². The van der Waals surface area contributed by atoms with Crippen molar-refractivity contribution in [3.63, 3.8) is 0 Å². The zero-order valence-electron chi connectivity index (χ0n) is 8.69. The van der Waals surface area contributed by atoms with Gasteiger partial charge < -0.3 is 10.2 Å². The van der Waals surface area contributed by atoms with E-state index in [0.29, 0.717) is 0 Å². The number of rotatable bonds is 6. The summed E-state index contributed by atoms with van der Waals surface area (Å²) in [4.78, 5) is 21.7. The summed E-state index contributed by atoms with van der Waals surface area (Å²) >= 11 is 0. The van der Waals surface area contributed by atoms with Gasteiger partial charge in [-0.2, -0.15) is 0 Å². The predicted octanol–water partition coefficient (Wildman–Crippen LogP) is 1.28. The van der Waals surface area contributed by atoms with Crippen molar-refractivity contribution in [1.29, 1.82) is 0 Å². The third kappa shape index (κ3) is 4.34. The summed E-state index contributed by atoms with van der Waals surface area (Å²) in [5.41, 5.74) is -0.332. The van der Waals surface area contributed by atoms with Crippen LogP contribution in [0.1, 0.15) is 25.7 Å². The lowest BCUT2D eigenvalue weighted by Crippen LogP contribution is -2.11. The van der Waals surface area contributed by atoms with E-state index in [0.717, 1.165) is 0 Å². The average Bonchev–Trinajstić information content (AvgIpc) is 2.21. The fourth-order valence-corrected chi connectivity index (χ4v) is 1.17. The highest BCUT2D eigenvalue weighted by Crippen LogP contribution is 2.16. The van der Waals surface area contributed by atoms with Gasteiger partial charge in [0.05, 0.1) is 0 Å². The smallest absolute Gasteiger partial charge is 0.332 e. The number of aliphatic carboxylic acids is 2. The minimum atomic E-state index is -1.26. The summed E-state index contributed by atoms with van der Waals surface area (Å²) in [7, 11) is 0. The van der Waals surface area contributed by atoms with Crippen LogP contribution in [0.2, 0.25) is 0 Å². The topological polar surface area (TPSA) is 74.6 Å². The van der Waals surface area contributed by atoms with Gasteiger partial charge in [-0.25, -0.2) is 9.59 Å². The number of carbonyl (C=O) groups is 2. The first-order chi connectivity index (χ1) is 7.54. The second-order valence-electron chi connectivity index (χ2n) is 2.98. The summed E-state index contributed by atoms with van der Waals surface area (Å²) in [6.07, 6.45) is 10.5. The Bertz CT molecular complexity index is 352. The van der Waals surface area contributed by atoms with E-state index in [1.807, 2.05) is 0 Å². The van der Waals surface area contributed by atoms with Gasteiger partial charge in [-0.15, -0.1) is 24.7 Å². The molecular formula is C12H12O4. The van der Waals surface area contributed by atoms with E-state index < -0.39 is 11.9 Å². The van der Waals surface area contributed by atoms with E-state index >= 15 is 0 Å². The Kier molecular flexibility index (Phi) is 6.16. The molecule has 84 valence electrons. The number of terminal acetylenes is 2. The molecule has 0 fully saturated rings. The molecule has 0 radical (unpaired) electrons. The minimum absolute atomic E-state index is 0.0397. The zero-order chi connectivity index (χ0) is 12.6. The molecule has 0 saturated carbocycles. The normalized spacial score (nSPS) is 10.9. The largest absolute Gasteiger partial charge is 0.478 e. The van der Waals surface area contributed by atoms with Gasteiger partial charge in [-0.3, -0.25) is 0 Å². The van der Waals surface area contributed by atoms with Gasteiger partial charge >= 0.3 is 11.9 Å². The van der Waals surface area contributed by atoms with Crippen LogP contribution in [-0.2, 0) is 9.59 Å². The van der Waals surface area contributed by atoms with Crippen molar-refractivity contribution < 1.29 is 19.8 Å². The summed E-state index contributed by atoms with van der Waals surface area (Å²) < 4.78 is 0. The number of hydrogen-bond acceptors (Lipinski definition) is 2. The lowest BCUT2D eigenvalue weighted by atomic mass is 9.99. The van der Waals surface area contributed by atoms with Gasteiger partial charge in [0.25, 0.3) is 0 Å². The molecular weight excluding hydrogens is 208 g/mol. The quantitative estimate of drug-likeness (QED) is 0.522. The maximum atomic E-state index is 10.9. The SMILES string of the molecule is C#CCC/C(C(=O)O)=C(\CCC#C)C(=O)O. The van der Waals surface area contributed by atoms with Crippen LogP contribution in [0.15, 0.2) is 11.1 Å². The first-order valence-electron chi connectivity index (χ1n) is 4.60. The highest BCUT2D eigenvalue weighted by atomic mass is 16.4.